The molecule has 1 aliphatic heterocycles. The van der Waals surface area contributed by atoms with E-state index in [0.717, 1.165) is 24.3 Å². The Morgan fingerprint density at radius 1 is 1.50 bits per heavy atom. The third-order valence-electron chi connectivity index (χ3n) is 3.23. The van der Waals surface area contributed by atoms with E-state index in [1.165, 1.54) is 13.4 Å². The largest absolute Gasteiger partial charge is 0.469 e. The van der Waals surface area contributed by atoms with Gasteiger partial charge < -0.3 is 14.6 Å². The highest BCUT2D eigenvalue weighted by Crippen LogP contribution is 2.26. The monoisotopic (exact) mass is 247 g/mol. The summed E-state index contributed by atoms with van der Waals surface area (Å²) in [7, 11) is 1.42. The van der Waals surface area contributed by atoms with Gasteiger partial charge in [0, 0.05) is 13.1 Å². The van der Waals surface area contributed by atoms with Crippen molar-refractivity contribution in [1.82, 2.24) is 19.9 Å². The zero-order valence-electron chi connectivity index (χ0n) is 9.96. The molecule has 7 nitrogen and oxygen atoms in total. The molecule has 1 saturated heterocycles. The fourth-order valence-electron chi connectivity index (χ4n) is 2.30. The zero-order chi connectivity index (χ0) is 12.5. The van der Waals surface area contributed by atoms with Gasteiger partial charge in [0.15, 0.2) is 11.5 Å². The first-order valence-electron chi connectivity index (χ1n) is 5.76. The van der Waals surface area contributed by atoms with Crippen molar-refractivity contribution in [2.45, 2.75) is 6.42 Å². The fourth-order valence-corrected chi connectivity index (χ4v) is 2.30. The van der Waals surface area contributed by atoms with Crippen molar-refractivity contribution in [2.75, 3.05) is 25.1 Å². The smallest absolute Gasteiger partial charge is 0.310 e. The Kier molecular flexibility index (Phi) is 2.58. The van der Waals surface area contributed by atoms with Crippen molar-refractivity contribution in [2.24, 2.45) is 5.92 Å². The van der Waals surface area contributed by atoms with Crippen LogP contribution in [-0.2, 0) is 9.53 Å². The second-order valence-electron chi connectivity index (χ2n) is 4.25. The lowest BCUT2D eigenvalue weighted by atomic mass is 10.1. The van der Waals surface area contributed by atoms with Crippen molar-refractivity contribution in [3.63, 3.8) is 0 Å². The molecule has 94 valence electrons. The summed E-state index contributed by atoms with van der Waals surface area (Å²) in [5, 5.41) is 0. The van der Waals surface area contributed by atoms with Crippen LogP contribution in [0.5, 0.6) is 0 Å². The number of ether oxygens (including phenoxy) is 1. The number of carbonyl (C=O) groups is 1. The maximum atomic E-state index is 11.5. The minimum atomic E-state index is -0.160. The Morgan fingerprint density at radius 2 is 2.39 bits per heavy atom. The molecule has 0 radical (unpaired) electrons. The summed E-state index contributed by atoms with van der Waals surface area (Å²) in [5.41, 5.74) is 1.45. The van der Waals surface area contributed by atoms with Crippen molar-refractivity contribution in [3.8, 4) is 0 Å². The number of esters is 1. The summed E-state index contributed by atoms with van der Waals surface area (Å²) in [5.74, 6) is 0.555. The summed E-state index contributed by atoms with van der Waals surface area (Å²) in [6.07, 6.45) is 3.87. The summed E-state index contributed by atoms with van der Waals surface area (Å²) in [4.78, 5) is 29.0. The molecule has 18 heavy (non-hydrogen) atoms. The molecule has 0 amide bonds. The molecule has 1 N–H and O–H groups in total. The number of anilines is 1. The molecule has 3 rings (SSSR count). The minimum absolute atomic E-state index is 0.0806. The van der Waals surface area contributed by atoms with Gasteiger partial charge in [0.05, 0.1) is 19.4 Å². The van der Waals surface area contributed by atoms with Crippen molar-refractivity contribution < 1.29 is 9.53 Å². The lowest BCUT2D eigenvalue weighted by Crippen LogP contribution is -2.24. The summed E-state index contributed by atoms with van der Waals surface area (Å²) < 4.78 is 4.77. The predicted molar refractivity (Wildman–Crippen MR) is 64.0 cm³/mol. The van der Waals surface area contributed by atoms with E-state index in [1.807, 2.05) is 0 Å². The lowest BCUT2D eigenvalue weighted by Gasteiger charge is -2.16. The number of nitrogens with zero attached hydrogens (tertiary/aromatic N) is 4. The van der Waals surface area contributed by atoms with Crippen molar-refractivity contribution in [3.05, 3.63) is 12.7 Å². The van der Waals surface area contributed by atoms with Gasteiger partial charge in [-0.1, -0.05) is 0 Å². The molecule has 7 heteroatoms. The molecule has 0 saturated carbocycles. The summed E-state index contributed by atoms with van der Waals surface area (Å²) >= 11 is 0. The molecule has 3 heterocycles. The van der Waals surface area contributed by atoms with Crippen LogP contribution in [0.4, 0.5) is 5.82 Å². The van der Waals surface area contributed by atoms with E-state index in [2.05, 4.69) is 24.8 Å². The maximum Gasteiger partial charge on any atom is 0.310 e. The van der Waals surface area contributed by atoms with E-state index in [9.17, 15) is 4.79 Å². The van der Waals surface area contributed by atoms with Crippen LogP contribution >= 0.6 is 0 Å². The fraction of sp³-hybridized carbons (Fsp3) is 0.455. The van der Waals surface area contributed by atoms with Gasteiger partial charge >= 0.3 is 5.97 Å². The molecule has 1 fully saturated rings. The van der Waals surface area contributed by atoms with Crippen LogP contribution in [0.2, 0.25) is 0 Å². The molecule has 1 atom stereocenters. The van der Waals surface area contributed by atoms with Gasteiger partial charge in [0.25, 0.3) is 0 Å². The Morgan fingerprint density at radius 3 is 3.22 bits per heavy atom. The van der Waals surface area contributed by atoms with E-state index in [4.69, 9.17) is 4.74 Å². The van der Waals surface area contributed by atoms with E-state index in [1.54, 1.807) is 6.33 Å². The van der Waals surface area contributed by atoms with E-state index < -0.39 is 0 Å². The molecule has 0 bridgehead atoms. The van der Waals surface area contributed by atoms with E-state index >= 15 is 0 Å². The maximum absolute atomic E-state index is 11.5. The van der Waals surface area contributed by atoms with Crippen LogP contribution in [0.3, 0.4) is 0 Å². The van der Waals surface area contributed by atoms with E-state index in [-0.39, 0.29) is 11.9 Å². The summed E-state index contributed by atoms with van der Waals surface area (Å²) in [6.45, 7) is 1.41. The van der Waals surface area contributed by atoms with Crippen molar-refractivity contribution in [1.29, 1.82) is 0 Å². The van der Waals surface area contributed by atoms with Gasteiger partial charge in [-0.2, -0.15) is 0 Å². The number of carbonyl (C=O) groups excluding carboxylic acids is 1. The number of H-pyrrole nitrogens is 1. The van der Waals surface area contributed by atoms with Gasteiger partial charge in [-0.05, 0) is 6.42 Å². The quantitative estimate of drug-likeness (QED) is 0.771. The molecule has 2 aromatic heterocycles. The molecule has 0 aliphatic carbocycles. The molecule has 0 spiro atoms. The highest BCUT2D eigenvalue weighted by molar-refractivity contribution is 5.83. The standard InChI is InChI=1S/C11H13N5O2/c1-18-11(17)7-2-3-16(4-7)10-8-9(13-5-12-8)14-6-15-10/h5-7H,2-4H2,1H3,(H,12,13,14,15). The lowest BCUT2D eigenvalue weighted by molar-refractivity contribution is -0.144. The highest BCUT2D eigenvalue weighted by Gasteiger charge is 2.30. The molecular formula is C11H13N5O2. The van der Waals surface area contributed by atoms with Crippen LogP contribution in [0.1, 0.15) is 6.42 Å². The van der Waals surface area contributed by atoms with Crippen LogP contribution in [0, 0.1) is 5.92 Å². The Bertz CT molecular complexity index is 582. The van der Waals surface area contributed by atoms with Gasteiger partial charge in [0.2, 0.25) is 0 Å². The number of imidazole rings is 1. The van der Waals surface area contributed by atoms with Crippen LogP contribution in [0.25, 0.3) is 11.2 Å². The van der Waals surface area contributed by atoms with Crippen molar-refractivity contribution >= 4 is 23.0 Å². The minimum Gasteiger partial charge on any atom is -0.469 e. The van der Waals surface area contributed by atoms with Gasteiger partial charge in [-0.15, -0.1) is 0 Å². The Labute approximate surface area is 103 Å². The highest BCUT2D eigenvalue weighted by atomic mass is 16.5. The van der Waals surface area contributed by atoms with Crippen LogP contribution in [-0.4, -0.2) is 46.1 Å². The Hall–Kier alpha value is -2.18. The van der Waals surface area contributed by atoms with Crippen LogP contribution < -0.4 is 4.90 Å². The average molecular weight is 247 g/mol. The third kappa shape index (κ3) is 1.68. The average Bonchev–Trinajstić information content (AvgIpc) is 3.05. The number of aromatic nitrogens is 4. The van der Waals surface area contributed by atoms with Crippen LogP contribution in [0.15, 0.2) is 12.7 Å². The topological polar surface area (TPSA) is 84.0 Å². The van der Waals surface area contributed by atoms with Gasteiger partial charge in [-0.3, -0.25) is 4.79 Å². The predicted octanol–water partition coefficient (Wildman–Crippen LogP) is 0.352. The molecule has 0 aromatic carbocycles. The SMILES string of the molecule is COC(=O)C1CCN(c2ncnc3nc[nH]c23)C1. The number of rotatable bonds is 2. The molecular weight excluding hydrogens is 234 g/mol. The number of hydrogen-bond donors (Lipinski definition) is 1. The number of hydrogen-bond acceptors (Lipinski definition) is 6. The normalized spacial score (nSPS) is 19.4. The Balaban J connectivity index is 1.88. The van der Waals surface area contributed by atoms with Gasteiger partial charge in [-0.25, -0.2) is 15.0 Å². The van der Waals surface area contributed by atoms with Gasteiger partial charge in [0.1, 0.15) is 11.8 Å². The molecule has 1 unspecified atom stereocenters. The third-order valence-corrected chi connectivity index (χ3v) is 3.23. The molecule has 2 aromatic rings. The number of nitrogens with one attached hydrogen (secondary N) is 1. The first-order valence-corrected chi connectivity index (χ1v) is 5.76. The zero-order valence-corrected chi connectivity index (χ0v) is 9.96. The second kappa shape index (κ2) is 4.25. The van der Waals surface area contributed by atoms with E-state index in [0.29, 0.717) is 12.2 Å². The number of fused-ring (bicyclic) bond motifs is 1. The second-order valence-corrected chi connectivity index (χ2v) is 4.25. The first-order chi connectivity index (χ1) is 8.79. The first kappa shape index (κ1) is 10.9. The molecule has 1 aliphatic rings. The number of aromatic amines is 1. The number of methoxy groups -OCH3 is 1. The summed E-state index contributed by atoms with van der Waals surface area (Å²) in [6, 6.07) is 0.